The summed E-state index contributed by atoms with van der Waals surface area (Å²) in [7, 11) is 0. The summed E-state index contributed by atoms with van der Waals surface area (Å²) in [6.45, 7) is 6.12. The molecule has 1 aromatic heterocycles. The molecule has 1 unspecified atom stereocenters. The van der Waals surface area contributed by atoms with Gasteiger partial charge in [0.2, 0.25) is 0 Å². The lowest BCUT2D eigenvalue weighted by atomic mass is 9.90. The van der Waals surface area contributed by atoms with Crippen molar-refractivity contribution < 1.29 is 9.21 Å². The number of carbonyl (C=O) groups excluding carboxylic acids is 1. The molecule has 1 amide bonds. The Hall–Kier alpha value is -1.00. The van der Waals surface area contributed by atoms with E-state index < -0.39 is 0 Å². The van der Waals surface area contributed by atoms with Crippen LogP contribution in [0.4, 0.5) is 0 Å². The van der Waals surface area contributed by atoms with Crippen molar-refractivity contribution in [3.8, 4) is 0 Å². The van der Waals surface area contributed by atoms with Crippen LogP contribution in [-0.4, -0.2) is 30.4 Å². The highest BCUT2D eigenvalue weighted by Crippen LogP contribution is 2.29. The molecule has 17 heavy (non-hydrogen) atoms. The topological polar surface area (TPSA) is 59.5 Å². The van der Waals surface area contributed by atoms with Crippen LogP contribution in [0.25, 0.3) is 0 Å². The Morgan fingerprint density at radius 1 is 1.65 bits per heavy atom. The number of hydrogen-bond donors (Lipinski definition) is 1. The number of aryl methyl sites for hydroxylation is 1. The van der Waals surface area contributed by atoms with E-state index in [9.17, 15) is 4.79 Å². The fraction of sp³-hybridized carbons (Fsp3) is 0.583. The first-order chi connectivity index (χ1) is 7.56. The lowest BCUT2D eigenvalue weighted by molar-refractivity contribution is 0.0744. The summed E-state index contributed by atoms with van der Waals surface area (Å²) in [6.07, 6.45) is 2.52. The molecule has 1 aliphatic rings. The fourth-order valence-corrected chi connectivity index (χ4v) is 2.10. The van der Waals surface area contributed by atoms with Gasteiger partial charge in [-0.3, -0.25) is 4.79 Å². The molecule has 0 radical (unpaired) electrons. The molecule has 4 nitrogen and oxygen atoms in total. The minimum Gasteiger partial charge on any atom is -0.459 e. The van der Waals surface area contributed by atoms with Gasteiger partial charge in [0.1, 0.15) is 0 Å². The zero-order chi connectivity index (χ0) is 11.8. The second-order valence-corrected chi connectivity index (χ2v) is 4.92. The standard InChI is InChI=1S/C12H18N2O2.ClH/c1-9-3-6-16-10(9)11(15)14-5-4-12(2,7-13)8-14;/h3,6H,4-5,7-8,13H2,1-2H3;1H. The van der Waals surface area contributed by atoms with Gasteiger partial charge in [0.05, 0.1) is 6.26 Å². The third-order valence-electron chi connectivity index (χ3n) is 3.39. The molecule has 5 heteroatoms. The molecule has 0 bridgehead atoms. The lowest BCUT2D eigenvalue weighted by Crippen LogP contribution is -2.34. The van der Waals surface area contributed by atoms with Gasteiger partial charge >= 0.3 is 0 Å². The summed E-state index contributed by atoms with van der Waals surface area (Å²) in [5, 5.41) is 0. The second-order valence-electron chi connectivity index (χ2n) is 4.92. The maximum absolute atomic E-state index is 12.1. The first kappa shape index (κ1) is 14.1. The van der Waals surface area contributed by atoms with Crippen LogP contribution in [0.1, 0.15) is 29.5 Å². The molecular weight excluding hydrogens is 240 g/mol. The summed E-state index contributed by atoms with van der Waals surface area (Å²) < 4.78 is 5.22. The third kappa shape index (κ3) is 2.64. The maximum Gasteiger partial charge on any atom is 0.289 e. The minimum absolute atomic E-state index is 0. The molecule has 2 heterocycles. The van der Waals surface area contributed by atoms with E-state index in [1.165, 1.54) is 0 Å². The van der Waals surface area contributed by atoms with Crippen LogP contribution < -0.4 is 5.73 Å². The highest BCUT2D eigenvalue weighted by Gasteiger charge is 2.36. The summed E-state index contributed by atoms with van der Waals surface area (Å²) in [5.74, 6) is 0.445. The predicted molar refractivity (Wildman–Crippen MR) is 68.4 cm³/mol. The first-order valence-corrected chi connectivity index (χ1v) is 5.59. The molecule has 1 atom stereocenters. The molecule has 0 aromatic carbocycles. The van der Waals surface area contributed by atoms with Crippen molar-refractivity contribution >= 4 is 18.3 Å². The Bertz CT molecular complexity index is 405. The predicted octanol–water partition coefficient (Wildman–Crippen LogP) is 1.82. The van der Waals surface area contributed by atoms with Crippen molar-refractivity contribution in [1.29, 1.82) is 0 Å². The number of furan rings is 1. The Balaban J connectivity index is 0.00000144. The van der Waals surface area contributed by atoms with E-state index >= 15 is 0 Å². The molecule has 1 aromatic rings. The summed E-state index contributed by atoms with van der Waals surface area (Å²) >= 11 is 0. The number of nitrogens with zero attached hydrogens (tertiary/aromatic N) is 1. The smallest absolute Gasteiger partial charge is 0.289 e. The van der Waals surface area contributed by atoms with E-state index in [-0.39, 0.29) is 23.7 Å². The Labute approximate surface area is 108 Å². The van der Waals surface area contributed by atoms with E-state index in [0.717, 1.165) is 25.1 Å². The van der Waals surface area contributed by atoms with Gasteiger partial charge in [-0.15, -0.1) is 12.4 Å². The average Bonchev–Trinajstić information content (AvgIpc) is 2.85. The molecule has 96 valence electrons. The van der Waals surface area contributed by atoms with Gasteiger partial charge in [-0.1, -0.05) is 6.92 Å². The molecule has 0 aliphatic carbocycles. The van der Waals surface area contributed by atoms with Gasteiger partial charge in [-0.25, -0.2) is 0 Å². The number of hydrogen-bond acceptors (Lipinski definition) is 3. The number of carbonyl (C=O) groups is 1. The van der Waals surface area contributed by atoms with Crippen LogP contribution in [0, 0.1) is 12.3 Å². The number of halogens is 1. The van der Waals surface area contributed by atoms with Gasteiger partial charge in [-0.2, -0.15) is 0 Å². The first-order valence-electron chi connectivity index (χ1n) is 5.59. The number of amides is 1. The van der Waals surface area contributed by atoms with Crippen molar-refractivity contribution in [2.75, 3.05) is 19.6 Å². The van der Waals surface area contributed by atoms with Gasteiger partial charge in [0.25, 0.3) is 5.91 Å². The van der Waals surface area contributed by atoms with E-state index in [1.54, 1.807) is 6.26 Å². The summed E-state index contributed by atoms with van der Waals surface area (Å²) in [5.41, 5.74) is 6.68. The van der Waals surface area contributed by atoms with Crippen LogP contribution in [0.5, 0.6) is 0 Å². The number of likely N-dealkylation sites (tertiary alicyclic amines) is 1. The minimum atomic E-state index is -0.0142. The van der Waals surface area contributed by atoms with Crippen molar-refractivity contribution in [3.63, 3.8) is 0 Å². The van der Waals surface area contributed by atoms with E-state index in [0.29, 0.717) is 12.3 Å². The molecule has 1 saturated heterocycles. The van der Waals surface area contributed by atoms with Gasteiger partial charge in [0, 0.05) is 18.7 Å². The molecular formula is C12H19ClN2O2. The average molecular weight is 259 g/mol. The SMILES string of the molecule is Cc1ccoc1C(=O)N1CCC(C)(CN)C1.Cl. The Kier molecular flexibility index (Phi) is 4.22. The van der Waals surface area contributed by atoms with Gasteiger partial charge in [-0.05, 0) is 31.4 Å². The van der Waals surface area contributed by atoms with Crippen LogP contribution in [0.15, 0.2) is 16.7 Å². The van der Waals surface area contributed by atoms with Crippen molar-refractivity contribution in [2.24, 2.45) is 11.1 Å². The van der Waals surface area contributed by atoms with Crippen LogP contribution in [-0.2, 0) is 0 Å². The van der Waals surface area contributed by atoms with E-state index in [1.807, 2.05) is 17.9 Å². The van der Waals surface area contributed by atoms with Crippen molar-refractivity contribution in [1.82, 2.24) is 4.90 Å². The second kappa shape index (κ2) is 5.10. The molecule has 1 aliphatic heterocycles. The number of rotatable bonds is 2. The third-order valence-corrected chi connectivity index (χ3v) is 3.39. The van der Waals surface area contributed by atoms with Gasteiger partial charge in [0.15, 0.2) is 5.76 Å². The molecule has 2 rings (SSSR count). The highest BCUT2D eigenvalue weighted by molar-refractivity contribution is 5.93. The zero-order valence-electron chi connectivity index (χ0n) is 10.2. The normalized spacial score (nSPS) is 23.6. The largest absolute Gasteiger partial charge is 0.459 e. The van der Waals surface area contributed by atoms with Crippen molar-refractivity contribution in [3.05, 3.63) is 23.7 Å². The van der Waals surface area contributed by atoms with E-state index in [2.05, 4.69) is 6.92 Å². The van der Waals surface area contributed by atoms with Crippen molar-refractivity contribution in [2.45, 2.75) is 20.3 Å². The highest BCUT2D eigenvalue weighted by atomic mass is 35.5. The summed E-state index contributed by atoms with van der Waals surface area (Å²) in [6, 6.07) is 1.81. The van der Waals surface area contributed by atoms with Crippen LogP contribution >= 0.6 is 12.4 Å². The summed E-state index contributed by atoms with van der Waals surface area (Å²) in [4.78, 5) is 14.0. The van der Waals surface area contributed by atoms with Gasteiger partial charge < -0.3 is 15.1 Å². The Morgan fingerprint density at radius 2 is 2.35 bits per heavy atom. The van der Waals surface area contributed by atoms with Crippen LogP contribution in [0.2, 0.25) is 0 Å². The molecule has 2 N–H and O–H groups in total. The lowest BCUT2D eigenvalue weighted by Gasteiger charge is -2.22. The fourth-order valence-electron chi connectivity index (χ4n) is 2.10. The number of nitrogens with two attached hydrogens (primary N) is 1. The molecule has 1 fully saturated rings. The molecule has 0 saturated carbocycles. The Morgan fingerprint density at radius 3 is 2.82 bits per heavy atom. The molecule has 0 spiro atoms. The van der Waals surface area contributed by atoms with E-state index in [4.69, 9.17) is 10.2 Å². The quantitative estimate of drug-likeness (QED) is 0.880. The monoisotopic (exact) mass is 258 g/mol. The van der Waals surface area contributed by atoms with Crippen LogP contribution in [0.3, 0.4) is 0 Å². The maximum atomic E-state index is 12.1. The zero-order valence-corrected chi connectivity index (χ0v) is 11.0.